The first-order valence-electron chi connectivity index (χ1n) is 7.20. The average Bonchev–Trinajstić information content (AvgIpc) is 2.45. The summed E-state index contributed by atoms with van der Waals surface area (Å²) in [4.78, 5) is 12.2. The summed E-state index contributed by atoms with van der Waals surface area (Å²) in [5.74, 6) is 0.293. The zero-order chi connectivity index (χ0) is 15.3. The van der Waals surface area contributed by atoms with Crippen molar-refractivity contribution in [2.24, 2.45) is 0 Å². The minimum absolute atomic E-state index is 0.112. The first-order valence-corrected chi connectivity index (χ1v) is 9.45. The lowest BCUT2D eigenvalue weighted by Gasteiger charge is -2.21. The van der Waals surface area contributed by atoms with E-state index < -0.39 is 21.0 Å². The van der Waals surface area contributed by atoms with Crippen molar-refractivity contribution in [1.29, 1.82) is 0 Å². The Kier molecular flexibility index (Phi) is 5.65. The maximum Gasteiger partial charge on any atom is 0.242 e. The number of benzene rings is 1. The van der Waals surface area contributed by atoms with Gasteiger partial charge in [0.05, 0.1) is 5.75 Å². The number of nitrogens with one attached hydrogen (secondary N) is 1. The highest BCUT2D eigenvalue weighted by atomic mass is 35.5. The fraction of sp³-hybridized carbons (Fsp3) is 0.533. The van der Waals surface area contributed by atoms with Crippen LogP contribution in [0.2, 0.25) is 0 Å². The summed E-state index contributed by atoms with van der Waals surface area (Å²) in [6.45, 7) is 0. The summed E-state index contributed by atoms with van der Waals surface area (Å²) in [5, 5.41) is 1.83. The number of hydrogen-bond donors (Lipinski definition) is 1. The molecule has 1 aliphatic heterocycles. The Morgan fingerprint density at radius 1 is 1.33 bits per heavy atom. The lowest BCUT2D eigenvalue weighted by Crippen LogP contribution is -2.39. The fourth-order valence-corrected chi connectivity index (χ4v) is 4.48. The van der Waals surface area contributed by atoms with Crippen LogP contribution in [0.15, 0.2) is 24.3 Å². The van der Waals surface area contributed by atoms with Crippen molar-refractivity contribution in [1.82, 2.24) is 0 Å². The lowest BCUT2D eigenvalue weighted by atomic mass is 10.1. The number of sulfone groups is 1. The van der Waals surface area contributed by atoms with Crippen molar-refractivity contribution in [2.45, 2.75) is 37.4 Å². The molecule has 1 unspecified atom stereocenters. The molecule has 6 heteroatoms. The van der Waals surface area contributed by atoms with Crippen molar-refractivity contribution >= 4 is 33.0 Å². The van der Waals surface area contributed by atoms with E-state index in [1.807, 2.05) is 18.2 Å². The number of amides is 1. The second kappa shape index (κ2) is 7.27. The van der Waals surface area contributed by atoms with Gasteiger partial charge in [-0.25, -0.2) is 8.42 Å². The van der Waals surface area contributed by atoms with Gasteiger partial charge in [0.1, 0.15) is 5.25 Å². The predicted molar refractivity (Wildman–Crippen MR) is 85.5 cm³/mol. The van der Waals surface area contributed by atoms with E-state index in [-0.39, 0.29) is 5.75 Å². The number of carbonyl (C=O) groups excluding carboxylic acids is 1. The van der Waals surface area contributed by atoms with Crippen LogP contribution >= 0.6 is 11.6 Å². The number of hydrogen-bond acceptors (Lipinski definition) is 3. The Morgan fingerprint density at radius 2 is 2.14 bits per heavy atom. The zero-order valence-electron chi connectivity index (χ0n) is 11.8. The first-order chi connectivity index (χ1) is 10.0. The molecule has 21 heavy (non-hydrogen) atoms. The van der Waals surface area contributed by atoms with Gasteiger partial charge in [0.15, 0.2) is 9.84 Å². The molecule has 0 aliphatic carbocycles. The van der Waals surface area contributed by atoms with Crippen molar-refractivity contribution < 1.29 is 13.2 Å². The van der Waals surface area contributed by atoms with Crippen LogP contribution in [0.3, 0.4) is 0 Å². The molecule has 1 aliphatic rings. The molecule has 1 aromatic rings. The second-order valence-corrected chi connectivity index (χ2v) is 8.01. The van der Waals surface area contributed by atoms with Crippen LogP contribution in [-0.2, 0) is 21.1 Å². The highest BCUT2D eigenvalue weighted by Crippen LogP contribution is 2.21. The summed E-state index contributed by atoms with van der Waals surface area (Å²) in [6.07, 6.45) is 3.57. The molecule has 0 radical (unpaired) electrons. The van der Waals surface area contributed by atoms with E-state index in [1.54, 1.807) is 6.07 Å². The molecule has 0 aromatic heterocycles. The topological polar surface area (TPSA) is 63.2 Å². The smallest absolute Gasteiger partial charge is 0.242 e. The van der Waals surface area contributed by atoms with Crippen LogP contribution in [0.4, 0.5) is 5.69 Å². The van der Waals surface area contributed by atoms with E-state index in [1.165, 1.54) is 0 Å². The number of carbonyl (C=O) groups is 1. The Labute approximate surface area is 130 Å². The Morgan fingerprint density at radius 3 is 2.86 bits per heavy atom. The van der Waals surface area contributed by atoms with Crippen molar-refractivity contribution in [3.05, 3.63) is 29.8 Å². The van der Waals surface area contributed by atoms with E-state index in [4.69, 9.17) is 11.6 Å². The third-order valence-electron chi connectivity index (χ3n) is 3.66. The van der Waals surface area contributed by atoms with Gasteiger partial charge in [-0.1, -0.05) is 18.6 Å². The van der Waals surface area contributed by atoms with Gasteiger partial charge in [-0.05, 0) is 43.4 Å². The summed E-state index contributed by atoms with van der Waals surface area (Å²) >= 11 is 5.67. The van der Waals surface area contributed by atoms with Gasteiger partial charge in [0.2, 0.25) is 5.91 Å². The Bertz CT molecular complexity index is 601. The number of anilines is 1. The normalized spacial score (nSPS) is 20.9. The Hall–Kier alpha value is -1.07. The van der Waals surface area contributed by atoms with Crippen LogP contribution in [0.5, 0.6) is 0 Å². The van der Waals surface area contributed by atoms with Crippen LogP contribution in [0.1, 0.15) is 31.2 Å². The summed E-state index contributed by atoms with van der Waals surface area (Å²) in [7, 11) is -3.30. The molecule has 0 spiro atoms. The van der Waals surface area contributed by atoms with Gasteiger partial charge in [-0.2, -0.15) is 0 Å². The molecule has 0 bridgehead atoms. The summed E-state index contributed by atoms with van der Waals surface area (Å²) in [5.41, 5.74) is 1.73. The predicted octanol–water partition coefficient (Wildman–Crippen LogP) is 2.76. The second-order valence-electron chi connectivity index (χ2n) is 5.33. The third-order valence-corrected chi connectivity index (χ3v) is 6.11. The minimum atomic E-state index is -3.30. The molecule has 116 valence electrons. The minimum Gasteiger partial charge on any atom is -0.325 e. The van der Waals surface area contributed by atoms with Crippen molar-refractivity contribution in [3.8, 4) is 0 Å². The summed E-state index contributed by atoms with van der Waals surface area (Å²) in [6, 6.07) is 7.48. The molecule has 1 atom stereocenters. The van der Waals surface area contributed by atoms with Crippen LogP contribution in [0, 0.1) is 0 Å². The van der Waals surface area contributed by atoms with Gasteiger partial charge in [-0.3, -0.25) is 4.79 Å². The molecule has 1 heterocycles. The number of halogens is 1. The van der Waals surface area contributed by atoms with Crippen LogP contribution in [-0.4, -0.2) is 31.2 Å². The molecule has 4 nitrogen and oxygen atoms in total. The van der Waals surface area contributed by atoms with Gasteiger partial charge in [0.25, 0.3) is 0 Å². The SMILES string of the molecule is O=C(Nc1cccc(CCCCl)c1)C1CCCCS1(=O)=O. The maximum absolute atomic E-state index is 12.2. The van der Waals surface area contributed by atoms with E-state index in [9.17, 15) is 13.2 Å². The average molecular weight is 330 g/mol. The number of alkyl halides is 1. The lowest BCUT2D eigenvalue weighted by molar-refractivity contribution is -0.116. The number of rotatable bonds is 5. The van der Waals surface area contributed by atoms with E-state index in [0.29, 0.717) is 24.4 Å². The highest BCUT2D eigenvalue weighted by Gasteiger charge is 2.34. The molecular formula is C15H20ClNO3S. The van der Waals surface area contributed by atoms with Gasteiger partial charge >= 0.3 is 0 Å². The van der Waals surface area contributed by atoms with Crippen molar-refractivity contribution in [3.63, 3.8) is 0 Å². The quantitative estimate of drug-likeness (QED) is 0.845. The van der Waals surface area contributed by atoms with E-state index in [0.717, 1.165) is 24.8 Å². The molecule has 1 N–H and O–H groups in total. The standard InChI is InChI=1S/C15H20ClNO3S/c16-9-4-6-12-5-3-7-13(11-12)17-15(18)14-8-1-2-10-21(14,19)20/h3,5,7,11,14H,1-2,4,6,8-10H2,(H,17,18). The third kappa shape index (κ3) is 4.45. The maximum atomic E-state index is 12.2. The fourth-order valence-electron chi connectivity index (χ4n) is 2.55. The summed E-state index contributed by atoms with van der Waals surface area (Å²) < 4.78 is 23.9. The van der Waals surface area contributed by atoms with E-state index in [2.05, 4.69) is 5.32 Å². The van der Waals surface area contributed by atoms with Gasteiger partial charge in [0, 0.05) is 11.6 Å². The molecular weight excluding hydrogens is 310 g/mol. The van der Waals surface area contributed by atoms with Crippen LogP contribution < -0.4 is 5.32 Å². The molecule has 2 rings (SSSR count). The molecule has 1 amide bonds. The highest BCUT2D eigenvalue weighted by molar-refractivity contribution is 7.92. The van der Waals surface area contributed by atoms with Gasteiger partial charge in [-0.15, -0.1) is 11.6 Å². The first kappa shape index (κ1) is 16.3. The molecule has 1 saturated heterocycles. The number of aryl methyl sites for hydroxylation is 1. The molecule has 0 saturated carbocycles. The van der Waals surface area contributed by atoms with E-state index >= 15 is 0 Å². The van der Waals surface area contributed by atoms with Crippen molar-refractivity contribution in [2.75, 3.05) is 16.9 Å². The van der Waals surface area contributed by atoms with Crippen LogP contribution in [0.25, 0.3) is 0 Å². The molecule has 1 fully saturated rings. The monoisotopic (exact) mass is 329 g/mol. The molecule has 1 aromatic carbocycles. The van der Waals surface area contributed by atoms with Gasteiger partial charge < -0.3 is 5.32 Å². The Balaban J connectivity index is 2.05. The zero-order valence-corrected chi connectivity index (χ0v) is 13.4. The largest absolute Gasteiger partial charge is 0.325 e.